The third-order valence-electron chi connectivity index (χ3n) is 3.23. The van der Waals surface area contributed by atoms with Crippen LogP contribution in [0.3, 0.4) is 0 Å². The quantitative estimate of drug-likeness (QED) is 0.632. The van der Waals surface area contributed by atoms with E-state index in [4.69, 9.17) is 10.2 Å². The molecule has 5 nitrogen and oxygen atoms in total. The summed E-state index contributed by atoms with van der Waals surface area (Å²) in [6.07, 6.45) is 5.20. The van der Waals surface area contributed by atoms with E-state index in [0.717, 1.165) is 35.5 Å². The van der Waals surface area contributed by atoms with Crippen molar-refractivity contribution in [2.24, 2.45) is 4.99 Å². The highest BCUT2D eigenvalue weighted by molar-refractivity contribution is 5.93. The van der Waals surface area contributed by atoms with E-state index >= 15 is 0 Å². The zero-order valence-corrected chi connectivity index (χ0v) is 12.8. The van der Waals surface area contributed by atoms with Gasteiger partial charge in [0.05, 0.1) is 19.1 Å². The first kappa shape index (κ1) is 15.1. The lowest BCUT2D eigenvalue weighted by atomic mass is 10.0. The number of anilines is 2. The highest BCUT2D eigenvalue weighted by Gasteiger charge is 2.09. The van der Waals surface area contributed by atoms with Crippen molar-refractivity contribution in [2.45, 2.75) is 0 Å². The second-order valence-corrected chi connectivity index (χ2v) is 5.13. The number of nitrogens with two attached hydrogens (primary N) is 1. The number of hydrogen-bond donors (Lipinski definition) is 2. The summed E-state index contributed by atoms with van der Waals surface area (Å²) in [6.45, 7) is 1.67. The maximum Gasteiger partial charge on any atom is 0.0981 e. The van der Waals surface area contributed by atoms with Gasteiger partial charge >= 0.3 is 0 Å². The minimum absolute atomic E-state index is 0.707. The van der Waals surface area contributed by atoms with Gasteiger partial charge in [-0.1, -0.05) is 0 Å². The summed E-state index contributed by atoms with van der Waals surface area (Å²) >= 11 is 0. The highest BCUT2D eigenvalue weighted by Crippen LogP contribution is 2.31. The fraction of sp³-hybridized carbons (Fsp3) is 0.312. The topological polar surface area (TPSA) is 66.8 Å². The fourth-order valence-electron chi connectivity index (χ4n) is 2.03. The van der Waals surface area contributed by atoms with E-state index in [2.05, 4.69) is 15.2 Å². The Balaban J connectivity index is 2.24. The van der Waals surface area contributed by atoms with Crippen molar-refractivity contribution in [1.82, 2.24) is 4.90 Å². The molecule has 2 rings (SSSR count). The first-order chi connectivity index (χ1) is 10.1. The third kappa shape index (κ3) is 3.86. The Labute approximate surface area is 125 Å². The van der Waals surface area contributed by atoms with Crippen molar-refractivity contribution in [3.63, 3.8) is 0 Å². The van der Waals surface area contributed by atoms with Crippen LogP contribution in [0.1, 0.15) is 5.56 Å². The van der Waals surface area contributed by atoms with E-state index in [0.29, 0.717) is 5.69 Å². The molecule has 0 atom stereocenters. The number of hydrogen-bond acceptors (Lipinski definition) is 5. The van der Waals surface area contributed by atoms with Crippen LogP contribution in [-0.4, -0.2) is 45.3 Å². The fourth-order valence-corrected chi connectivity index (χ4v) is 2.03. The van der Waals surface area contributed by atoms with Gasteiger partial charge in [-0.3, -0.25) is 4.99 Å². The van der Waals surface area contributed by atoms with E-state index in [-0.39, 0.29) is 0 Å². The van der Waals surface area contributed by atoms with Crippen LogP contribution in [0.4, 0.5) is 11.4 Å². The van der Waals surface area contributed by atoms with Crippen molar-refractivity contribution in [1.29, 1.82) is 0 Å². The number of aliphatic imine (C=N–C) groups is 1. The number of nitrogens with zero attached hydrogens (tertiary/aromatic N) is 2. The number of furan rings is 1. The van der Waals surface area contributed by atoms with E-state index in [9.17, 15) is 0 Å². The van der Waals surface area contributed by atoms with E-state index < -0.39 is 0 Å². The van der Waals surface area contributed by atoms with Crippen LogP contribution in [-0.2, 0) is 0 Å². The summed E-state index contributed by atoms with van der Waals surface area (Å²) in [5, 5.41) is 3.19. The molecule has 0 bridgehead atoms. The molecular formula is C16H22N4O. The molecule has 0 radical (unpaired) electrons. The summed E-state index contributed by atoms with van der Waals surface area (Å²) in [7, 11) is 5.95. The van der Waals surface area contributed by atoms with Gasteiger partial charge < -0.3 is 20.4 Å². The Hall–Kier alpha value is -2.27. The van der Waals surface area contributed by atoms with Gasteiger partial charge in [-0.2, -0.15) is 0 Å². The molecule has 0 aliphatic carbocycles. The first-order valence-corrected chi connectivity index (χ1v) is 6.90. The molecule has 0 saturated heterocycles. The minimum Gasteiger partial charge on any atom is -0.472 e. The van der Waals surface area contributed by atoms with Gasteiger partial charge in [0.2, 0.25) is 0 Å². The lowest BCUT2D eigenvalue weighted by Gasteiger charge is -2.11. The molecule has 0 spiro atoms. The summed E-state index contributed by atoms with van der Waals surface area (Å²) in [4.78, 5) is 6.52. The Morgan fingerprint density at radius 3 is 2.81 bits per heavy atom. The number of nitrogens with one attached hydrogen (secondary N) is 1. The number of benzene rings is 1. The summed E-state index contributed by atoms with van der Waals surface area (Å²) in [5.74, 6) is 0. The standard InChI is InChI=1S/C16H22N4O/c1-18-16-8-13(10-19-5-6-20(2)3)15(17)9-14(16)12-4-7-21-11-12/h4,7-11,18H,5-6,17H2,1-3H3. The average Bonchev–Trinajstić information content (AvgIpc) is 2.98. The largest absolute Gasteiger partial charge is 0.472 e. The SMILES string of the molecule is CNc1cc(C=NCCN(C)C)c(N)cc1-c1ccoc1. The van der Waals surface area contributed by atoms with Gasteiger partial charge in [0.1, 0.15) is 0 Å². The van der Waals surface area contributed by atoms with Crippen LogP contribution < -0.4 is 11.1 Å². The van der Waals surface area contributed by atoms with E-state index in [1.165, 1.54) is 0 Å². The molecular weight excluding hydrogens is 264 g/mol. The number of likely N-dealkylation sites (N-methyl/N-ethyl adjacent to an activating group) is 1. The molecule has 5 heteroatoms. The molecule has 3 N–H and O–H groups in total. The Morgan fingerprint density at radius 2 is 2.19 bits per heavy atom. The molecule has 112 valence electrons. The van der Waals surface area contributed by atoms with Gasteiger partial charge in [0, 0.05) is 47.9 Å². The van der Waals surface area contributed by atoms with Crippen molar-refractivity contribution in [2.75, 3.05) is 45.3 Å². The average molecular weight is 286 g/mol. The molecule has 1 heterocycles. The molecule has 0 fully saturated rings. The third-order valence-corrected chi connectivity index (χ3v) is 3.23. The monoisotopic (exact) mass is 286 g/mol. The van der Waals surface area contributed by atoms with Crippen molar-refractivity contribution in [3.8, 4) is 11.1 Å². The predicted molar refractivity (Wildman–Crippen MR) is 89.1 cm³/mol. The van der Waals surface area contributed by atoms with Gasteiger partial charge in [0.15, 0.2) is 0 Å². The Kier molecular flexibility index (Phi) is 5.00. The molecule has 21 heavy (non-hydrogen) atoms. The van der Waals surface area contributed by atoms with Crippen LogP contribution in [0.2, 0.25) is 0 Å². The molecule has 0 saturated carbocycles. The summed E-state index contributed by atoms with van der Waals surface area (Å²) < 4.78 is 5.14. The number of nitrogen functional groups attached to an aromatic ring is 1. The Morgan fingerprint density at radius 1 is 1.38 bits per heavy atom. The molecule has 1 aromatic carbocycles. The summed E-state index contributed by atoms with van der Waals surface area (Å²) in [6, 6.07) is 5.88. The smallest absolute Gasteiger partial charge is 0.0981 e. The predicted octanol–water partition coefficient (Wildman–Crippen LogP) is 2.55. The highest BCUT2D eigenvalue weighted by atomic mass is 16.3. The molecule has 0 aliphatic heterocycles. The second-order valence-electron chi connectivity index (χ2n) is 5.13. The zero-order valence-electron chi connectivity index (χ0n) is 12.8. The van der Waals surface area contributed by atoms with Crippen LogP contribution in [0.15, 0.2) is 40.1 Å². The van der Waals surface area contributed by atoms with Gasteiger partial charge in [0.25, 0.3) is 0 Å². The number of rotatable bonds is 6. The molecule has 0 unspecified atom stereocenters. The zero-order chi connectivity index (χ0) is 15.2. The van der Waals surface area contributed by atoms with Gasteiger partial charge in [-0.05, 0) is 32.3 Å². The van der Waals surface area contributed by atoms with Gasteiger partial charge in [-0.25, -0.2) is 0 Å². The first-order valence-electron chi connectivity index (χ1n) is 6.90. The lowest BCUT2D eigenvalue weighted by molar-refractivity contribution is 0.421. The van der Waals surface area contributed by atoms with Crippen LogP contribution in [0.5, 0.6) is 0 Å². The minimum atomic E-state index is 0.707. The lowest BCUT2D eigenvalue weighted by Crippen LogP contribution is -2.15. The maximum atomic E-state index is 6.13. The van der Waals surface area contributed by atoms with Crippen LogP contribution in [0, 0.1) is 0 Å². The van der Waals surface area contributed by atoms with Crippen molar-refractivity contribution in [3.05, 3.63) is 36.3 Å². The molecule has 2 aromatic rings. The molecule has 1 aromatic heterocycles. The van der Waals surface area contributed by atoms with E-state index in [1.807, 2.05) is 45.6 Å². The normalized spacial score (nSPS) is 11.4. The maximum absolute atomic E-state index is 6.13. The van der Waals surface area contributed by atoms with E-state index in [1.54, 1.807) is 12.5 Å². The van der Waals surface area contributed by atoms with Gasteiger partial charge in [-0.15, -0.1) is 0 Å². The summed E-state index contributed by atoms with van der Waals surface area (Å²) in [5.41, 5.74) is 10.8. The van der Waals surface area contributed by atoms with Crippen LogP contribution in [0.25, 0.3) is 11.1 Å². The second kappa shape index (κ2) is 6.95. The van der Waals surface area contributed by atoms with Crippen molar-refractivity contribution >= 4 is 17.6 Å². The molecule has 0 aliphatic rings. The van der Waals surface area contributed by atoms with Crippen LogP contribution >= 0.6 is 0 Å². The molecule has 0 amide bonds. The van der Waals surface area contributed by atoms with Crippen molar-refractivity contribution < 1.29 is 4.42 Å². The Bertz CT molecular complexity index is 603.